The topological polar surface area (TPSA) is 43.8 Å². The van der Waals surface area contributed by atoms with Crippen LogP contribution >= 0.6 is 11.6 Å². The van der Waals surface area contributed by atoms with Crippen LogP contribution in [0.2, 0.25) is 5.02 Å². The predicted octanol–water partition coefficient (Wildman–Crippen LogP) is 3.41. The lowest BCUT2D eigenvalue weighted by molar-refractivity contribution is 0.631. The van der Waals surface area contributed by atoms with Gasteiger partial charge in [-0.25, -0.2) is 9.37 Å². The van der Waals surface area contributed by atoms with Gasteiger partial charge >= 0.3 is 0 Å². The van der Waals surface area contributed by atoms with Gasteiger partial charge in [-0.1, -0.05) is 18.5 Å². The van der Waals surface area contributed by atoms with Crippen molar-refractivity contribution in [3.05, 3.63) is 34.9 Å². The molecule has 2 rings (SSSR count). The van der Waals surface area contributed by atoms with Crippen LogP contribution in [0.15, 0.2) is 18.2 Å². The Bertz CT molecular complexity index is 578. The van der Waals surface area contributed by atoms with Crippen LogP contribution in [0.1, 0.15) is 19.2 Å². The van der Waals surface area contributed by atoms with Gasteiger partial charge in [-0.2, -0.15) is 0 Å². The lowest BCUT2D eigenvalue weighted by Gasteiger charge is -2.02. The SMILES string of the molecule is CCCc1nc(-c2cc(Cl)ccc2F)c(N)n1C. The quantitative estimate of drug-likeness (QED) is 0.926. The molecule has 3 nitrogen and oxygen atoms in total. The zero-order chi connectivity index (χ0) is 13.3. The number of halogens is 2. The van der Waals surface area contributed by atoms with Gasteiger partial charge in [-0.3, -0.25) is 0 Å². The van der Waals surface area contributed by atoms with E-state index in [0.29, 0.717) is 22.1 Å². The number of benzene rings is 1. The molecule has 2 N–H and O–H groups in total. The molecule has 18 heavy (non-hydrogen) atoms. The average molecular weight is 268 g/mol. The van der Waals surface area contributed by atoms with Crippen LogP contribution in [0, 0.1) is 5.82 Å². The summed E-state index contributed by atoms with van der Waals surface area (Å²) in [6.07, 6.45) is 1.77. The highest BCUT2D eigenvalue weighted by atomic mass is 35.5. The summed E-state index contributed by atoms with van der Waals surface area (Å²) < 4.78 is 15.6. The fourth-order valence-corrected chi connectivity index (χ4v) is 2.06. The van der Waals surface area contributed by atoms with Gasteiger partial charge in [-0.05, 0) is 24.6 Å². The fourth-order valence-electron chi connectivity index (χ4n) is 1.88. The molecule has 0 unspecified atom stereocenters. The largest absolute Gasteiger partial charge is 0.383 e. The van der Waals surface area contributed by atoms with Crippen molar-refractivity contribution in [1.82, 2.24) is 9.55 Å². The van der Waals surface area contributed by atoms with Gasteiger partial charge in [0.15, 0.2) is 0 Å². The number of imidazole rings is 1. The number of aryl methyl sites for hydroxylation is 1. The minimum atomic E-state index is -0.368. The number of nitrogen functional groups attached to an aromatic ring is 1. The van der Waals surface area contributed by atoms with Crippen LogP contribution in [0.5, 0.6) is 0 Å². The molecular weight excluding hydrogens is 253 g/mol. The Morgan fingerprint density at radius 2 is 2.17 bits per heavy atom. The average Bonchev–Trinajstić information content (AvgIpc) is 2.61. The van der Waals surface area contributed by atoms with Crippen molar-refractivity contribution in [2.75, 3.05) is 5.73 Å². The summed E-state index contributed by atoms with van der Waals surface area (Å²) in [4.78, 5) is 4.41. The van der Waals surface area contributed by atoms with E-state index in [9.17, 15) is 4.39 Å². The van der Waals surface area contributed by atoms with Gasteiger partial charge in [0, 0.05) is 24.1 Å². The van der Waals surface area contributed by atoms with Gasteiger partial charge in [0.2, 0.25) is 0 Å². The van der Waals surface area contributed by atoms with E-state index in [1.807, 2.05) is 7.05 Å². The van der Waals surface area contributed by atoms with Crippen LogP contribution in [0.3, 0.4) is 0 Å². The molecule has 0 aliphatic rings. The van der Waals surface area contributed by atoms with E-state index in [4.69, 9.17) is 17.3 Å². The number of nitrogens with zero attached hydrogens (tertiary/aromatic N) is 2. The molecular formula is C13H15ClFN3. The summed E-state index contributed by atoms with van der Waals surface area (Å²) in [5, 5.41) is 0.466. The zero-order valence-electron chi connectivity index (χ0n) is 10.4. The van der Waals surface area contributed by atoms with Crippen LogP contribution < -0.4 is 5.73 Å². The minimum Gasteiger partial charge on any atom is -0.383 e. The number of aromatic nitrogens is 2. The zero-order valence-corrected chi connectivity index (χ0v) is 11.1. The molecule has 5 heteroatoms. The van der Waals surface area contributed by atoms with Gasteiger partial charge in [0.25, 0.3) is 0 Å². The van der Waals surface area contributed by atoms with Crippen LogP contribution in [-0.4, -0.2) is 9.55 Å². The lowest BCUT2D eigenvalue weighted by atomic mass is 10.1. The van der Waals surface area contributed by atoms with E-state index in [1.165, 1.54) is 12.1 Å². The lowest BCUT2D eigenvalue weighted by Crippen LogP contribution is -2.01. The number of rotatable bonds is 3. The first kappa shape index (κ1) is 12.9. The maximum absolute atomic E-state index is 13.8. The highest BCUT2D eigenvalue weighted by Gasteiger charge is 2.16. The van der Waals surface area contributed by atoms with Crippen molar-refractivity contribution >= 4 is 17.4 Å². The highest BCUT2D eigenvalue weighted by molar-refractivity contribution is 6.30. The van der Waals surface area contributed by atoms with Crippen LogP contribution in [0.25, 0.3) is 11.3 Å². The molecule has 0 spiro atoms. The number of hydrogen-bond acceptors (Lipinski definition) is 2. The number of anilines is 1. The highest BCUT2D eigenvalue weighted by Crippen LogP contribution is 2.30. The Morgan fingerprint density at radius 1 is 1.44 bits per heavy atom. The molecule has 96 valence electrons. The van der Waals surface area contributed by atoms with Crippen molar-refractivity contribution in [1.29, 1.82) is 0 Å². The summed E-state index contributed by atoms with van der Waals surface area (Å²) in [5.41, 5.74) is 6.78. The van der Waals surface area contributed by atoms with Crippen LogP contribution in [-0.2, 0) is 13.5 Å². The smallest absolute Gasteiger partial charge is 0.132 e. The van der Waals surface area contributed by atoms with Crippen molar-refractivity contribution in [3.8, 4) is 11.3 Å². The van der Waals surface area contributed by atoms with Gasteiger partial charge < -0.3 is 10.3 Å². The van der Waals surface area contributed by atoms with E-state index in [2.05, 4.69) is 11.9 Å². The molecule has 1 heterocycles. The molecule has 0 fully saturated rings. The van der Waals surface area contributed by atoms with E-state index in [0.717, 1.165) is 18.7 Å². The van der Waals surface area contributed by atoms with Crippen molar-refractivity contribution in [2.24, 2.45) is 7.05 Å². The van der Waals surface area contributed by atoms with Crippen molar-refractivity contribution < 1.29 is 4.39 Å². The molecule has 1 aromatic heterocycles. The summed E-state index contributed by atoms with van der Waals surface area (Å²) >= 11 is 5.88. The third kappa shape index (κ3) is 2.20. The molecule has 0 aliphatic carbocycles. The number of hydrogen-bond donors (Lipinski definition) is 1. The molecule has 0 saturated heterocycles. The molecule has 1 aromatic carbocycles. The normalized spacial score (nSPS) is 10.9. The maximum atomic E-state index is 13.8. The van der Waals surface area contributed by atoms with Crippen molar-refractivity contribution in [2.45, 2.75) is 19.8 Å². The first-order valence-electron chi connectivity index (χ1n) is 5.81. The van der Waals surface area contributed by atoms with E-state index >= 15 is 0 Å². The van der Waals surface area contributed by atoms with E-state index in [-0.39, 0.29) is 5.82 Å². The fraction of sp³-hybridized carbons (Fsp3) is 0.308. The van der Waals surface area contributed by atoms with Gasteiger partial charge in [-0.15, -0.1) is 0 Å². The Kier molecular flexibility index (Phi) is 3.57. The third-order valence-corrected chi connectivity index (χ3v) is 3.12. The second-order valence-electron chi connectivity index (χ2n) is 4.20. The summed E-state index contributed by atoms with van der Waals surface area (Å²) in [6, 6.07) is 4.38. The second kappa shape index (κ2) is 4.98. The summed E-state index contributed by atoms with van der Waals surface area (Å²) in [6.45, 7) is 2.06. The first-order chi connectivity index (χ1) is 8.54. The number of nitrogens with two attached hydrogens (primary N) is 1. The standard InChI is InChI=1S/C13H15ClFN3/c1-3-4-11-17-12(13(16)18(11)2)9-7-8(14)5-6-10(9)15/h5-7H,3-4,16H2,1-2H3. The van der Waals surface area contributed by atoms with Gasteiger partial charge in [0.05, 0.1) is 0 Å². The summed E-state index contributed by atoms with van der Waals surface area (Å²) in [7, 11) is 1.83. The van der Waals surface area contributed by atoms with E-state index < -0.39 is 0 Å². The van der Waals surface area contributed by atoms with Gasteiger partial charge in [0.1, 0.15) is 23.2 Å². The molecule has 0 saturated carbocycles. The Balaban J connectivity index is 2.57. The molecule has 0 amide bonds. The molecule has 0 aliphatic heterocycles. The van der Waals surface area contributed by atoms with Crippen LogP contribution in [0.4, 0.5) is 10.2 Å². The molecule has 0 atom stereocenters. The Labute approximate surface area is 110 Å². The molecule has 0 bridgehead atoms. The summed E-state index contributed by atoms with van der Waals surface area (Å²) in [5.74, 6) is 0.941. The molecule has 2 aromatic rings. The predicted molar refractivity (Wildman–Crippen MR) is 72.0 cm³/mol. The third-order valence-electron chi connectivity index (χ3n) is 2.89. The monoisotopic (exact) mass is 267 g/mol. The first-order valence-corrected chi connectivity index (χ1v) is 6.18. The molecule has 0 radical (unpaired) electrons. The minimum absolute atomic E-state index is 0.345. The second-order valence-corrected chi connectivity index (χ2v) is 4.63. The Morgan fingerprint density at radius 3 is 2.83 bits per heavy atom. The maximum Gasteiger partial charge on any atom is 0.132 e. The Hall–Kier alpha value is -1.55. The van der Waals surface area contributed by atoms with Crippen molar-refractivity contribution in [3.63, 3.8) is 0 Å². The van der Waals surface area contributed by atoms with E-state index in [1.54, 1.807) is 10.6 Å².